The topological polar surface area (TPSA) is 38.9 Å². The van der Waals surface area contributed by atoms with Crippen molar-refractivity contribution in [2.24, 2.45) is 0 Å². The van der Waals surface area contributed by atoms with Crippen LogP contribution in [0, 0.1) is 0 Å². The second-order valence-corrected chi connectivity index (χ2v) is 2.13. The van der Waals surface area contributed by atoms with Crippen LogP contribution >= 0.6 is 11.3 Å². The highest BCUT2D eigenvalue weighted by atomic mass is 32.1. The van der Waals surface area contributed by atoms with E-state index >= 15 is 0 Å². The standard InChI is InChI=1S/C4H2N2OS/c1-5-3-4(7-1)8-2-6-3/h1-2H. The van der Waals surface area contributed by atoms with Gasteiger partial charge in [-0.05, 0) is 0 Å². The van der Waals surface area contributed by atoms with Gasteiger partial charge in [0.15, 0.2) is 6.39 Å². The van der Waals surface area contributed by atoms with Gasteiger partial charge in [-0.25, -0.2) is 4.98 Å². The van der Waals surface area contributed by atoms with Crippen LogP contribution in [-0.4, -0.2) is 9.97 Å². The number of thiazole rings is 1. The third-order valence-electron chi connectivity index (χ3n) is 0.852. The summed E-state index contributed by atoms with van der Waals surface area (Å²) in [5.74, 6) is 0. The molecule has 0 saturated carbocycles. The fourth-order valence-electron chi connectivity index (χ4n) is 0.520. The van der Waals surface area contributed by atoms with Gasteiger partial charge in [0.25, 0.3) is 0 Å². The molecule has 0 fully saturated rings. The Bertz CT molecular complexity index is 235. The first-order valence-corrected chi connectivity index (χ1v) is 2.97. The van der Waals surface area contributed by atoms with Crippen molar-refractivity contribution < 1.29 is 4.42 Å². The molecule has 0 aliphatic heterocycles. The van der Waals surface area contributed by atoms with Crippen LogP contribution in [0.25, 0.3) is 10.5 Å². The van der Waals surface area contributed by atoms with Crippen LogP contribution in [0.3, 0.4) is 0 Å². The summed E-state index contributed by atoms with van der Waals surface area (Å²) in [6.07, 6.45) is 1.40. The number of rotatable bonds is 0. The van der Waals surface area contributed by atoms with Crippen LogP contribution in [0.15, 0.2) is 16.3 Å². The van der Waals surface area contributed by atoms with Crippen LogP contribution in [-0.2, 0) is 0 Å². The minimum Gasteiger partial charge on any atom is -0.431 e. The molecule has 40 valence electrons. The fraction of sp³-hybridized carbons (Fsp3) is 0. The van der Waals surface area contributed by atoms with E-state index in [-0.39, 0.29) is 0 Å². The van der Waals surface area contributed by atoms with Gasteiger partial charge in [-0.1, -0.05) is 11.3 Å². The van der Waals surface area contributed by atoms with Gasteiger partial charge in [-0.15, -0.1) is 0 Å². The Kier molecular flexibility index (Phi) is 0.648. The van der Waals surface area contributed by atoms with E-state index in [1.165, 1.54) is 17.7 Å². The maximum Gasteiger partial charge on any atom is 0.228 e. The molecule has 0 unspecified atom stereocenters. The smallest absolute Gasteiger partial charge is 0.228 e. The normalized spacial score (nSPS) is 10.5. The third kappa shape index (κ3) is 0.376. The van der Waals surface area contributed by atoms with E-state index < -0.39 is 0 Å². The highest BCUT2D eigenvalue weighted by Gasteiger charge is 1.96. The van der Waals surface area contributed by atoms with Crippen molar-refractivity contribution in [3.8, 4) is 0 Å². The summed E-state index contributed by atoms with van der Waals surface area (Å²) in [6, 6.07) is 0. The van der Waals surface area contributed by atoms with Crippen LogP contribution < -0.4 is 0 Å². The van der Waals surface area contributed by atoms with E-state index in [0.717, 1.165) is 4.90 Å². The van der Waals surface area contributed by atoms with Gasteiger partial charge >= 0.3 is 0 Å². The summed E-state index contributed by atoms with van der Waals surface area (Å²) >= 11 is 1.45. The molecular formula is C4H2N2OS. The van der Waals surface area contributed by atoms with Crippen LogP contribution in [0.5, 0.6) is 0 Å². The number of aromatic nitrogens is 2. The Morgan fingerprint density at radius 3 is 3.38 bits per heavy atom. The lowest BCUT2D eigenvalue weighted by Crippen LogP contribution is -1.58. The quantitative estimate of drug-likeness (QED) is 0.533. The molecule has 0 aliphatic carbocycles. The molecule has 0 aliphatic rings. The molecular weight excluding hydrogens is 124 g/mol. The number of nitrogens with zero attached hydrogens (tertiary/aromatic N) is 2. The molecule has 0 saturated heterocycles. The molecule has 8 heavy (non-hydrogen) atoms. The van der Waals surface area contributed by atoms with Crippen LogP contribution in [0.4, 0.5) is 0 Å². The number of hydrogen-bond acceptors (Lipinski definition) is 4. The van der Waals surface area contributed by atoms with Crippen molar-refractivity contribution in [3.05, 3.63) is 11.9 Å². The largest absolute Gasteiger partial charge is 0.431 e. The zero-order valence-electron chi connectivity index (χ0n) is 3.87. The van der Waals surface area contributed by atoms with Gasteiger partial charge in [0, 0.05) is 0 Å². The maximum atomic E-state index is 4.90. The van der Waals surface area contributed by atoms with Crippen molar-refractivity contribution in [1.29, 1.82) is 0 Å². The van der Waals surface area contributed by atoms with Gasteiger partial charge in [0.05, 0.1) is 5.51 Å². The number of hydrogen-bond donors (Lipinski definition) is 0. The van der Waals surface area contributed by atoms with Crippen molar-refractivity contribution in [2.75, 3.05) is 0 Å². The van der Waals surface area contributed by atoms with Gasteiger partial charge in [0.2, 0.25) is 10.5 Å². The van der Waals surface area contributed by atoms with Gasteiger partial charge in [-0.3, -0.25) is 0 Å². The Hall–Kier alpha value is -0.900. The average Bonchev–Trinajstić information content (AvgIpc) is 2.15. The first-order chi connectivity index (χ1) is 3.97. The molecule has 0 bridgehead atoms. The third-order valence-corrected chi connectivity index (χ3v) is 1.56. The van der Waals surface area contributed by atoms with Crippen LogP contribution in [0.1, 0.15) is 0 Å². The van der Waals surface area contributed by atoms with E-state index in [0.29, 0.717) is 5.65 Å². The van der Waals surface area contributed by atoms with Crippen LogP contribution in [0.2, 0.25) is 0 Å². The lowest BCUT2D eigenvalue weighted by Gasteiger charge is -1.60. The predicted molar refractivity (Wildman–Crippen MR) is 29.7 cm³/mol. The van der Waals surface area contributed by atoms with E-state index in [9.17, 15) is 0 Å². The van der Waals surface area contributed by atoms with Gasteiger partial charge in [-0.2, -0.15) is 4.98 Å². The highest BCUT2D eigenvalue weighted by Crippen LogP contribution is 2.13. The van der Waals surface area contributed by atoms with E-state index in [1.54, 1.807) is 5.51 Å². The minimum atomic E-state index is 0.704. The van der Waals surface area contributed by atoms with E-state index in [1.807, 2.05) is 0 Å². The van der Waals surface area contributed by atoms with Gasteiger partial charge < -0.3 is 4.42 Å². The molecule has 0 N–H and O–H groups in total. The minimum absolute atomic E-state index is 0.704. The van der Waals surface area contributed by atoms with Crippen molar-refractivity contribution >= 4 is 21.9 Å². The lowest BCUT2D eigenvalue weighted by atomic mass is 10.9. The molecule has 2 rings (SSSR count). The lowest BCUT2D eigenvalue weighted by molar-refractivity contribution is 0.609. The Morgan fingerprint density at radius 1 is 1.50 bits per heavy atom. The van der Waals surface area contributed by atoms with Crippen molar-refractivity contribution in [2.45, 2.75) is 0 Å². The monoisotopic (exact) mass is 126 g/mol. The first kappa shape index (κ1) is 4.03. The summed E-state index contributed by atoms with van der Waals surface area (Å²) in [5, 5.41) is 0. The Labute approximate surface area is 49.0 Å². The van der Waals surface area contributed by atoms with Crippen molar-refractivity contribution in [1.82, 2.24) is 9.97 Å². The Morgan fingerprint density at radius 2 is 2.50 bits per heavy atom. The summed E-state index contributed by atoms with van der Waals surface area (Å²) < 4.78 is 4.90. The molecule has 0 radical (unpaired) electrons. The Balaban J connectivity index is 3.06. The SMILES string of the molecule is c1nc2ncsc2o1. The summed E-state index contributed by atoms with van der Waals surface area (Å²) in [5.41, 5.74) is 2.41. The molecule has 0 atom stereocenters. The summed E-state index contributed by atoms with van der Waals surface area (Å²) in [6.45, 7) is 0. The van der Waals surface area contributed by atoms with Crippen molar-refractivity contribution in [3.63, 3.8) is 0 Å². The first-order valence-electron chi connectivity index (χ1n) is 2.09. The predicted octanol–water partition coefficient (Wildman–Crippen LogP) is 1.28. The molecule has 2 heterocycles. The molecule has 4 heteroatoms. The highest BCUT2D eigenvalue weighted by molar-refractivity contribution is 7.15. The second-order valence-electron chi connectivity index (χ2n) is 1.32. The van der Waals surface area contributed by atoms with E-state index in [2.05, 4.69) is 9.97 Å². The molecule has 2 aromatic rings. The number of oxazole rings is 1. The summed E-state index contributed by atoms with van der Waals surface area (Å²) in [4.78, 5) is 8.50. The molecule has 0 spiro atoms. The average molecular weight is 126 g/mol. The molecule has 3 nitrogen and oxygen atoms in total. The van der Waals surface area contributed by atoms with E-state index in [4.69, 9.17) is 4.42 Å². The molecule has 0 amide bonds. The second kappa shape index (κ2) is 1.29. The maximum absolute atomic E-state index is 4.90. The number of fused-ring (bicyclic) bond motifs is 1. The van der Waals surface area contributed by atoms with Gasteiger partial charge in [0.1, 0.15) is 0 Å². The molecule has 0 aromatic carbocycles. The zero-order chi connectivity index (χ0) is 5.40. The molecule has 2 aromatic heterocycles. The fourth-order valence-corrected chi connectivity index (χ4v) is 1.08. The zero-order valence-corrected chi connectivity index (χ0v) is 4.68. The summed E-state index contributed by atoms with van der Waals surface area (Å²) in [7, 11) is 0.